The lowest BCUT2D eigenvalue weighted by Crippen LogP contribution is -2.44. The van der Waals surface area contributed by atoms with E-state index in [-0.39, 0.29) is 0 Å². The second-order valence-electron chi connectivity index (χ2n) is 6.14. The lowest BCUT2D eigenvalue weighted by molar-refractivity contribution is 0.410. The van der Waals surface area contributed by atoms with Crippen molar-refractivity contribution >= 4 is 15.8 Å². The Morgan fingerprint density at radius 2 is 1.83 bits per heavy atom. The Labute approximate surface area is 139 Å². The highest BCUT2D eigenvalue weighted by molar-refractivity contribution is 7.90. The molecule has 2 N–H and O–H groups in total. The largest absolute Gasteiger partial charge is 0.356 e. The van der Waals surface area contributed by atoms with Gasteiger partial charge in [0, 0.05) is 25.9 Å². The van der Waals surface area contributed by atoms with E-state index >= 15 is 0 Å². The number of sulfone groups is 1. The Balaban J connectivity index is 1.78. The van der Waals surface area contributed by atoms with Gasteiger partial charge in [0.05, 0.1) is 4.90 Å². The molecule has 23 heavy (non-hydrogen) atoms. The highest BCUT2D eigenvalue weighted by Gasteiger charge is 2.14. The number of rotatable bonds is 5. The Hall–Kier alpha value is -1.56. The van der Waals surface area contributed by atoms with Crippen LogP contribution in [-0.2, 0) is 16.3 Å². The molecule has 1 aliphatic carbocycles. The Kier molecular flexibility index (Phi) is 6.45. The Morgan fingerprint density at radius 1 is 1.17 bits per heavy atom. The molecule has 0 heterocycles. The van der Waals surface area contributed by atoms with Gasteiger partial charge in [0.1, 0.15) is 0 Å². The van der Waals surface area contributed by atoms with Crippen LogP contribution in [-0.4, -0.2) is 40.3 Å². The zero-order chi connectivity index (χ0) is 16.7. The van der Waals surface area contributed by atoms with Crippen molar-refractivity contribution in [2.75, 3.05) is 19.8 Å². The summed E-state index contributed by atoms with van der Waals surface area (Å²) in [6.07, 6.45) is 8.41. The van der Waals surface area contributed by atoms with Crippen LogP contribution in [0.5, 0.6) is 0 Å². The maximum Gasteiger partial charge on any atom is 0.191 e. The van der Waals surface area contributed by atoms with Gasteiger partial charge in [0.15, 0.2) is 15.8 Å². The number of nitrogens with one attached hydrogen (secondary N) is 2. The van der Waals surface area contributed by atoms with Gasteiger partial charge < -0.3 is 10.6 Å². The van der Waals surface area contributed by atoms with E-state index < -0.39 is 9.84 Å². The first-order valence-electron chi connectivity index (χ1n) is 8.25. The van der Waals surface area contributed by atoms with Gasteiger partial charge in [0.2, 0.25) is 0 Å². The number of hydrogen-bond acceptors (Lipinski definition) is 3. The second kappa shape index (κ2) is 8.34. The summed E-state index contributed by atoms with van der Waals surface area (Å²) < 4.78 is 22.9. The molecule has 0 unspecified atom stereocenters. The van der Waals surface area contributed by atoms with Gasteiger partial charge in [-0.15, -0.1) is 0 Å². The molecule has 1 aliphatic rings. The fraction of sp³-hybridized carbons (Fsp3) is 0.588. The van der Waals surface area contributed by atoms with Gasteiger partial charge in [-0.05, 0) is 37.0 Å². The van der Waals surface area contributed by atoms with E-state index in [0.717, 1.165) is 24.5 Å². The molecule has 0 spiro atoms. The summed E-state index contributed by atoms with van der Waals surface area (Å²) in [5.41, 5.74) is 1.11. The van der Waals surface area contributed by atoms with Crippen LogP contribution in [0.3, 0.4) is 0 Å². The molecule has 1 aromatic carbocycles. The highest BCUT2D eigenvalue weighted by atomic mass is 32.2. The molecule has 0 amide bonds. The van der Waals surface area contributed by atoms with E-state index in [9.17, 15) is 8.42 Å². The van der Waals surface area contributed by atoms with Gasteiger partial charge in [0.25, 0.3) is 0 Å². The molecular weight excluding hydrogens is 310 g/mol. The number of aliphatic imine (C=N–C) groups is 1. The van der Waals surface area contributed by atoms with Crippen LogP contribution in [0, 0.1) is 0 Å². The van der Waals surface area contributed by atoms with Crippen molar-refractivity contribution < 1.29 is 8.42 Å². The normalized spacial score (nSPS) is 17.0. The summed E-state index contributed by atoms with van der Waals surface area (Å²) in [5, 5.41) is 6.81. The second-order valence-corrected chi connectivity index (χ2v) is 8.16. The minimum Gasteiger partial charge on any atom is -0.356 e. The topological polar surface area (TPSA) is 70.6 Å². The van der Waals surface area contributed by atoms with Crippen LogP contribution in [0.2, 0.25) is 0 Å². The Morgan fingerprint density at radius 3 is 2.39 bits per heavy atom. The van der Waals surface area contributed by atoms with Crippen LogP contribution in [0.4, 0.5) is 0 Å². The fourth-order valence-corrected chi connectivity index (χ4v) is 3.49. The maximum atomic E-state index is 11.4. The molecule has 0 aliphatic heterocycles. The number of guanidine groups is 1. The van der Waals surface area contributed by atoms with Crippen molar-refractivity contribution in [2.45, 2.75) is 49.5 Å². The summed E-state index contributed by atoms with van der Waals surface area (Å²) in [5.74, 6) is 0.852. The molecule has 0 bridgehead atoms. The minimum absolute atomic E-state index is 0.365. The molecule has 0 radical (unpaired) electrons. The average molecular weight is 337 g/mol. The van der Waals surface area contributed by atoms with Crippen molar-refractivity contribution in [3.8, 4) is 0 Å². The van der Waals surface area contributed by atoms with Crippen molar-refractivity contribution in [1.82, 2.24) is 10.6 Å². The average Bonchev–Trinajstić information content (AvgIpc) is 2.54. The third-order valence-electron chi connectivity index (χ3n) is 4.23. The number of nitrogens with zero attached hydrogens (tertiary/aromatic N) is 1. The molecule has 1 aromatic rings. The minimum atomic E-state index is -3.12. The number of benzene rings is 1. The van der Waals surface area contributed by atoms with E-state index in [1.807, 2.05) is 12.1 Å². The standard InChI is InChI=1S/C17H27N3O2S/c1-18-17(20-15-6-4-3-5-7-15)19-13-12-14-8-10-16(11-9-14)23(2,21)22/h8-11,15H,3-7,12-13H2,1-2H3,(H2,18,19,20). The first kappa shape index (κ1) is 17.8. The Bertz CT molecular complexity index is 618. The van der Waals surface area contributed by atoms with Crippen LogP contribution in [0.15, 0.2) is 34.2 Å². The van der Waals surface area contributed by atoms with Crippen molar-refractivity contribution in [1.29, 1.82) is 0 Å². The van der Waals surface area contributed by atoms with Crippen LogP contribution < -0.4 is 10.6 Å². The number of hydrogen-bond donors (Lipinski definition) is 2. The fourth-order valence-electron chi connectivity index (χ4n) is 2.86. The van der Waals surface area contributed by atoms with Crippen molar-refractivity contribution in [2.24, 2.45) is 4.99 Å². The third-order valence-corrected chi connectivity index (χ3v) is 5.36. The smallest absolute Gasteiger partial charge is 0.191 e. The zero-order valence-electron chi connectivity index (χ0n) is 14.0. The summed E-state index contributed by atoms with van der Waals surface area (Å²) in [7, 11) is -1.33. The van der Waals surface area contributed by atoms with E-state index in [0.29, 0.717) is 10.9 Å². The van der Waals surface area contributed by atoms with Crippen LogP contribution in [0.25, 0.3) is 0 Å². The molecule has 1 saturated carbocycles. The third kappa shape index (κ3) is 5.86. The maximum absolute atomic E-state index is 11.4. The van der Waals surface area contributed by atoms with Crippen LogP contribution >= 0.6 is 0 Å². The molecule has 0 atom stereocenters. The van der Waals surface area contributed by atoms with Gasteiger partial charge in [-0.2, -0.15) is 0 Å². The monoisotopic (exact) mass is 337 g/mol. The van der Waals surface area contributed by atoms with Crippen molar-refractivity contribution in [3.63, 3.8) is 0 Å². The van der Waals surface area contributed by atoms with Crippen LogP contribution in [0.1, 0.15) is 37.7 Å². The van der Waals surface area contributed by atoms with E-state index in [4.69, 9.17) is 0 Å². The summed E-state index contributed by atoms with van der Waals surface area (Å²) in [6.45, 7) is 0.768. The molecule has 5 nitrogen and oxygen atoms in total. The van der Waals surface area contributed by atoms with Gasteiger partial charge >= 0.3 is 0 Å². The molecule has 6 heteroatoms. The molecule has 128 valence electrons. The molecule has 0 saturated heterocycles. The predicted octanol–water partition coefficient (Wildman–Crippen LogP) is 2.13. The van der Waals surface area contributed by atoms with E-state index in [2.05, 4.69) is 15.6 Å². The van der Waals surface area contributed by atoms with E-state index in [1.54, 1.807) is 19.2 Å². The van der Waals surface area contributed by atoms with Crippen molar-refractivity contribution in [3.05, 3.63) is 29.8 Å². The summed E-state index contributed by atoms with van der Waals surface area (Å²) >= 11 is 0. The first-order chi connectivity index (χ1) is 11.0. The predicted molar refractivity (Wildman–Crippen MR) is 94.6 cm³/mol. The van der Waals surface area contributed by atoms with Gasteiger partial charge in [-0.25, -0.2) is 8.42 Å². The molecular formula is C17H27N3O2S. The molecule has 0 aromatic heterocycles. The lowest BCUT2D eigenvalue weighted by atomic mass is 9.96. The molecule has 1 fully saturated rings. The zero-order valence-corrected chi connectivity index (χ0v) is 14.8. The van der Waals surface area contributed by atoms with Gasteiger partial charge in [-0.1, -0.05) is 31.4 Å². The first-order valence-corrected chi connectivity index (χ1v) is 10.1. The molecule has 2 rings (SSSR count). The summed E-state index contributed by atoms with van der Waals surface area (Å²) in [4.78, 5) is 4.64. The quantitative estimate of drug-likeness (QED) is 0.638. The lowest BCUT2D eigenvalue weighted by Gasteiger charge is -2.24. The highest BCUT2D eigenvalue weighted by Crippen LogP contribution is 2.17. The summed E-state index contributed by atoms with van der Waals surface area (Å²) in [6, 6.07) is 7.61. The van der Waals surface area contributed by atoms with E-state index in [1.165, 1.54) is 38.4 Å². The van der Waals surface area contributed by atoms with Gasteiger partial charge in [-0.3, -0.25) is 4.99 Å². The SMILES string of the molecule is CN=C(NCCc1ccc(S(C)(=O)=O)cc1)NC1CCCCC1.